The number of ether oxygens (including phenoxy) is 1. The molecule has 3 aromatic rings. The standard InChI is InChI=1S/C27H31F2N5O2S2/c1-6-27(3,4)16-7-9-18-19(13-30)25(38-22(18)11-16)31-23(35)14-37-26-33-32-24(34(26)5)15(2)36-21-10-8-17(28)12-20(21)29/h8,10,12,15-16H,6-7,9,11,14H2,1-5H3,(H,31,35). The molecule has 0 saturated carbocycles. The lowest BCUT2D eigenvalue weighted by Crippen LogP contribution is -2.28. The highest BCUT2D eigenvalue weighted by Crippen LogP contribution is 2.45. The van der Waals surface area contributed by atoms with Gasteiger partial charge in [-0.3, -0.25) is 4.79 Å². The molecule has 2 atom stereocenters. The molecular weight excluding hydrogens is 528 g/mol. The van der Waals surface area contributed by atoms with Crippen LogP contribution in [0.1, 0.15) is 68.5 Å². The average molecular weight is 560 g/mol. The van der Waals surface area contributed by atoms with Gasteiger partial charge in [0.25, 0.3) is 0 Å². The predicted octanol–water partition coefficient (Wildman–Crippen LogP) is 6.44. The van der Waals surface area contributed by atoms with Gasteiger partial charge in [-0.2, -0.15) is 5.26 Å². The molecule has 4 rings (SSSR count). The molecule has 1 aliphatic carbocycles. The summed E-state index contributed by atoms with van der Waals surface area (Å²) in [5.41, 5.74) is 1.89. The minimum atomic E-state index is -0.804. The third-order valence-electron chi connectivity index (χ3n) is 7.41. The number of amides is 1. The van der Waals surface area contributed by atoms with Crippen LogP contribution in [0.5, 0.6) is 5.75 Å². The fourth-order valence-corrected chi connectivity index (χ4v) is 6.67. The van der Waals surface area contributed by atoms with Gasteiger partial charge in [0.15, 0.2) is 28.7 Å². The summed E-state index contributed by atoms with van der Waals surface area (Å²) >= 11 is 2.71. The largest absolute Gasteiger partial charge is 0.480 e. The summed E-state index contributed by atoms with van der Waals surface area (Å²) in [5.74, 6) is -0.759. The number of hydrogen-bond acceptors (Lipinski definition) is 7. The van der Waals surface area contributed by atoms with E-state index >= 15 is 0 Å². The van der Waals surface area contributed by atoms with Crippen LogP contribution < -0.4 is 10.1 Å². The number of hydrogen-bond donors (Lipinski definition) is 1. The molecule has 0 saturated heterocycles. The van der Waals surface area contributed by atoms with Gasteiger partial charge in [0.05, 0.1) is 11.3 Å². The van der Waals surface area contributed by atoms with Crippen molar-refractivity contribution in [2.75, 3.05) is 11.1 Å². The van der Waals surface area contributed by atoms with E-state index < -0.39 is 17.7 Å². The summed E-state index contributed by atoms with van der Waals surface area (Å²) in [6.07, 6.45) is 3.28. The quantitative estimate of drug-likeness (QED) is 0.303. The normalized spacial score (nSPS) is 16.0. The molecule has 1 aromatic carbocycles. The van der Waals surface area contributed by atoms with Crippen molar-refractivity contribution in [2.45, 2.75) is 64.6 Å². The maximum atomic E-state index is 14.0. The Morgan fingerprint density at radius 3 is 2.84 bits per heavy atom. The molecular formula is C27H31F2N5O2S2. The van der Waals surface area contributed by atoms with Crippen LogP contribution >= 0.6 is 23.1 Å². The first kappa shape index (κ1) is 28.0. The molecule has 2 heterocycles. The lowest BCUT2D eigenvalue weighted by molar-refractivity contribution is -0.113. The summed E-state index contributed by atoms with van der Waals surface area (Å²) in [7, 11) is 1.73. The van der Waals surface area contributed by atoms with Gasteiger partial charge in [-0.1, -0.05) is 39.0 Å². The number of nitriles is 1. The second kappa shape index (κ2) is 11.4. The molecule has 202 valence electrons. The number of carbonyl (C=O) groups is 1. The number of carbonyl (C=O) groups excluding carboxylic acids is 1. The zero-order valence-corrected chi connectivity index (χ0v) is 23.7. The number of halogens is 2. The molecule has 2 aromatic heterocycles. The van der Waals surface area contributed by atoms with Crippen molar-refractivity contribution in [3.8, 4) is 11.8 Å². The van der Waals surface area contributed by atoms with Crippen LogP contribution in [0.4, 0.5) is 13.8 Å². The maximum Gasteiger partial charge on any atom is 0.235 e. The summed E-state index contributed by atoms with van der Waals surface area (Å²) in [6.45, 7) is 8.50. The van der Waals surface area contributed by atoms with Crippen LogP contribution in [-0.2, 0) is 24.7 Å². The minimum Gasteiger partial charge on any atom is -0.480 e. The van der Waals surface area contributed by atoms with Crippen LogP contribution in [0, 0.1) is 34.3 Å². The minimum absolute atomic E-state index is 0.0761. The Kier molecular flexibility index (Phi) is 8.43. The first-order valence-corrected chi connectivity index (χ1v) is 14.3. The van der Waals surface area contributed by atoms with E-state index in [1.54, 1.807) is 18.5 Å². The Balaban J connectivity index is 1.39. The zero-order valence-electron chi connectivity index (χ0n) is 22.1. The number of thioether (sulfide) groups is 1. The third-order valence-corrected chi connectivity index (χ3v) is 9.60. The monoisotopic (exact) mass is 559 g/mol. The Bertz CT molecular complexity index is 1380. The Morgan fingerprint density at radius 1 is 1.39 bits per heavy atom. The van der Waals surface area contributed by atoms with Crippen molar-refractivity contribution in [1.82, 2.24) is 14.8 Å². The Hall–Kier alpha value is -2.97. The highest BCUT2D eigenvalue weighted by atomic mass is 32.2. The van der Waals surface area contributed by atoms with Gasteiger partial charge in [0.1, 0.15) is 16.9 Å². The second-order valence-corrected chi connectivity index (χ2v) is 12.2. The van der Waals surface area contributed by atoms with Crippen LogP contribution in [0.2, 0.25) is 0 Å². The van der Waals surface area contributed by atoms with E-state index in [-0.39, 0.29) is 22.8 Å². The number of nitrogens with zero attached hydrogens (tertiary/aromatic N) is 4. The number of nitrogens with one attached hydrogen (secondary N) is 1. The first-order valence-electron chi connectivity index (χ1n) is 12.5. The van der Waals surface area contributed by atoms with E-state index in [9.17, 15) is 18.8 Å². The summed E-state index contributed by atoms with van der Waals surface area (Å²) in [6, 6.07) is 5.40. The van der Waals surface area contributed by atoms with E-state index in [4.69, 9.17) is 4.74 Å². The lowest BCUT2D eigenvalue weighted by Gasteiger charge is -2.36. The van der Waals surface area contributed by atoms with Crippen LogP contribution in [0.25, 0.3) is 0 Å². The molecule has 2 unspecified atom stereocenters. The van der Waals surface area contributed by atoms with Gasteiger partial charge in [-0.25, -0.2) is 8.78 Å². The average Bonchev–Trinajstić information content (AvgIpc) is 3.42. The van der Waals surface area contributed by atoms with Crippen molar-refractivity contribution in [3.63, 3.8) is 0 Å². The molecule has 0 spiro atoms. The molecule has 1 amide bonds. The molecule has 0 aliphatic heterocycles. The summed E-state index contributed by atoms with van der Waals surface area (Å²) < 4.78 is 34.4. The van der Waals surface area contributed by atoms with Crippen LogP contribution in [0.15, 0.2) is 23.4 Å². The molecule has 7 nitrogen and oxygen atoms in total. The number of thiophene rings is 1. The van der Waals surface area contributed by atoms with E-state index in [0.717, 1.165) is 43.4 Å². The number of fused-ring (bicyclic) bond motifs is 1. The van der Waals surface area contributed by atoms with Crippen LogP contribution in [-0.4, -0.2) is 26.4 Å². The fourth-order valence-electron chi connectivity index (χ4n) is 4.66. The highest BCUT2D eigenvalue weighted by molar-refractivity contribution is 7.99. The van der Waals surface area contributed by atoms with Crippen molar-refractivity contribution in [1.29, 1.82) is 5.26 Å². The van der Waals surface area contributed by atoms with Crippen molar-refractivity contribution < 1.29 is 18.3 Å². The zero-order chi connectivity index (χ0) is 27.6. The van der Waals surface area contributed by atoms with Gasteiger partial charge < -0.3 is 14.6 Å². The van der Waals surface area contributed by atoms with Crippen molar-refractivity contribution in [3.05, 3.63) is 51.7 Å². The Morgan fingerprint density at radius 2 is 2.16 bits per heavy atom. The third kappa shape index (κ3) is 5.86. The van der Waals surface area contributed by atoms with Crippen molar-refractivity contribution >= 4 is 34.0 Å². The number of rotatable bonds is 9. The number of aromatic nitrogens is 3. The van der Waals surface area contributed by atoms with Crippen LogP contribution in [0.3, 0.4) is 0 Å². The van der Waals surface area contributed by atoms with Gasteiger partial charge in [0, 0.05) is 18.0 Å². The smallest absolute Gasteiger partial charge is 0.235 e. The van der Waals surface area contributed by atoms with Crippen molar-refractivity contribution in [2.24, 2.45) is 18.4 Å². The molecule has 0 bridgehead atoms. The lowest BCUT2D eigenvalue weighted by atomic mass is 9.69. The molecule has 38 heavy (non-hydrogen) atoms. The predicted molar refractivity (Wildman–Crippen MR) is 144 cm³/mol. The Labute approximate surface area is 229 Å². The number of benzene rings is 1. The van der Waals surface area contributed by atoms with E-state index in [2.05, 4.69) is 42.4 Å². The molecule has 0 fully saturated rings. The fraction of sp³-hybridized carbons (Fsp3) is 0.481. The first-order chi connectivity index (χ1) is 18.0. The summed E-state index contributed by atoms with van der Waals surface area (Å²) in [5, 5.41) is 22.1. The highest BCUT2D eigenvalue weighted by Gasteiger charge is 2.34. The van der Waals surface area contributed by atoms with E-state index in [0.29, 0.717) is 27.5 Å². The summed E-state index contributed by atoms with van der Waals surface area (Å²) in [4.78, 5) is 14.0. The van der Waals surface area contributed by atoms with Gasteiger partial charge in [-0.15, -0.1) is 21.5 Å². The molecule has 1 aliphatic rings. The van der Waals surface area contributed by atoms with E-state index in [1.807, 2.05) is 0 Å². The van der Waals surface area contributed by atoms with Gasteiger partial charge in [-0.05, 0) is 55.2 Å². The second-order valence-electron chi connectivity index (χ2n) is 10.2. The molecule has 1 N–H and O–H groups in total. The van der Waals surface area contributed by atoms with Gasteiger partial charge >= 0.3 is 0 Å². The topological polar surface area (TPSA) is 92.8 Å². The van der Waals surface area contributed by atoms with Gasteiger partial charge in [0.2, 0.25) is 5.91 Å². The number of anilines is 1. The molecule has 0 radical (unpaired) electrons. The van der Waals surface area contributed by atoms with E-state index in [1.165, 1.54) is 34.0 Å². The molecule has 11 heteroatoms. The SMILES string of the molecule is CCC(C)(C)C1CCc2c(sc(NC(=O)CSc3nnc(C(C)Oc4ccc(F)cc4F)n3C)c2C#N)C1. The maximum absolute atomic E-state index is 14.0.